The van der Waals surface area contributed by atoms with Crippen LogP contribution in [0.4, 0.5) is 5.69 Å². The minimum atomic E-state index is 0.000324. The largest absolute Gasteiger partial charge is 0.330 e. The fraction of sp³-hybridized carbons (Fsp3) is 0.300. The highest BCUT2D eigenvalue weighted by atomic mass is 79.9. The van der Waals surface area contributed by atoms with E-state index in [-0.39, 0.29) is 5.91 Å². The summed E-state index contributed by atoms with van der Waals surface area (Å²) in [6.45, 7) is 0.604. The van der Waals surface area contributed by atoms with E-state index < -0.39 is 0 Å². The number of hydrogen-bond donors (Lipinski definition) is 2. The molecule has 1 aromatic rings. The van der Waals surface area contributed by atoms with Gasteiger partial charge in [-0.1, -0.05) is 12.1 Å². The molecule has 0 radical (unpaired) electrons. The first-order chi connectivity index (χ1) is 7.24. The van der Waals surface area contributed by atoms with Crippen molar-refractivity contribution in [3.63, 3.8) is 0 Å². The number of carbonyl (C=O) groups excluding carboxylic acids is 1. The van der Waals surface area contributed by atoms with E-state index in [2.05, 4.69) is 21.2 Å². The Morgan fingerprint density at radius 3 is 2.87 bits per heavy atom. The van der Waals surface area contributed by atoms with Crippen LogP contribution in [0.2, 0.25) is 0 Å². The highest BCUT2D eigenvalue weighted by molar-refractivity contribution is 9.10. The van der Waals surface area contributed by atoms with Crippen LogP contribution in [0, 0.1) is 0 Å². The molecular weight excluding hydrogens is 276 g/mol. The van der Waals surface area contributed by atoms with E-state index >= 15 is 0 Å². The van der Waals surface area contributed by atoms with Crippen molar-refractivity contribution in [3.8, 4) is 0 Å². The van der Waals surface area contributed by atoms with Crippen molar-refractivity contribution in [2.45, 2.75) is 0 Å². The zero-order valence-electron chi connectivity index (χ0n) is 8.20. The number of nitrogens with two attached hydrogens (primary N) is 1. The summed E-state index contributed by atoms with van der Waals surface area (Å²) in [5.74, 6) is 1.25. The van der Waals surface area contributed by atoms with Crippen LogP contribution < -0.4 is 11.1 Å². The van der Waals surface area contributed by atoms with Crippen molar-refractivity contribution < 1.29 is 4.79 Å². The predicted molar refractivity (Wildman–Crippen MR) is 69.2 cm³/mol. The van der Waals surface area contributed by atoms with Crippen LogP contribution in [0.15, 0.2) is 28.7 Å². The molecule has 15 heavy (non-hydrogen) atoms. The second kappa shape index (κ2) is 6.87. The highest BCUT2D eigenvalue weighted by Gasteiger charge is 2.04. The predicted octanol–water partition coefficient (Wildman–Crippen LogP) is 2.08. The molecule has 0 aliphatic carbocycles. The van der Waals surface area contributed by atoms with E-state index in [9.17, 15) is 4.79 Å². The Labute approximate surface area is 102 Å². The lowest BCUT2D eigenvalue weighted by molar-refractivity contribution is -0.113. The van der Waals surface area contributed by atoms with Gasteiger partial charge in [-0.15, -0.1) is 0 Å². The van der Waals surface area contributed by atoms with E-state index in [1.807, 2.05) is 24.3 Å². The third kappa shape index (κ3) is 4.68. The van der Waals surface area contributed by atoms with E-state index in [0.717, 1.165) is 15.9 Å². The summed E-state index contributed by atoms with van der Waals surface area (Å²) in [6.07, 6.45) is 0. The molecule has 0 saturated heterocycles. The van der Waals surface area contributed by atoms with Gasteiger partial charge in [-0.05, 0) is 28.1 Å². The van der Waals surface area contributed by atoms with Gasteiger partial charge >= 0.3 is 0 Å². The molecule has 3 N–H and O–H groups in total. The van der Waals surface area contributed by atoms with Crippen molar-refractivity contribution in [3.05, 3.63) is 28.7 Å². The van der Waals surface area contributed by atoms with Crippen LogP contribution in [0.5, 0.6) is 0 Å². The van der Waals surface area contributed by atoms with Crippen molar-refractivity contribution in [2.24, 2.45) is 5.73 Å². The third-order valence-corrected chi connectivity index (χ3v) is 3.33. The Morgan fingerprint density at radius 2 is 2.20 bits per heavy atom. The zero-order valence-corrected chi connectivity index (χ0v) is 10.6. The number of para-hydroxylation sites is 1. The molecule has 0 aromatic heterocycles. The first-order valence-corrected chi connectivity index (χ1v) is 6.51. The van der Waals surface area contributed by atoms with Crippen LogP contribution in [0.1, 0.15) is 0 Å². The highest BCUT2D eigenvalue weighted by Crippen LogP contribution is 2.21. The molecule has 0 saturated carbocycles. The van der Waals surface area contributed by atoms with Gasteiger partial charge in [0.25, 0.3) is 0 Å². The Hall–Kier alpha value is -0.520. The Bertz CT molecular complexity index is 333. The van der Waals surface area contributed by atoms with Gasteiger partial charge in [-0.2, -0.15) is 11.8 Å². The molecule has 0 bridgehead atoms. The maximum atomic E-state index is 11.4. The standard InChI is InChI=1S/C10H13BrN2OS/c11-8-3-1-2-4-9(8)13-10(14)7-15-6-5-12/h1-4H,5-7,12H2,(H,13,14). The van der Waals surface area contributed by atoms with Crippen LogP contribution >= 0.6 is 27.7 Å². The van der Waals surface area contributed by atoms with Crippen LogP contribution in [-0.4, -0.2) is 24.0 Å². The lowest BCUT2D eigenvalue weighted by Crippen LogP contribution is -2.15. The number of nitrogens with one attached hydrogen (secondary N) is 1. The summed E-state index contributed by atoms with van der Waals surface area (Å²) in [5, 5.41) is 2.82. The maximum Gasteiger partial charge on any atom is 0.234 e. The topological polar surface area (TPSA) is 55.1 Å². The molecule has 0 heterocycles. The summed E-state index contributed by atoms with van der Waals surface area (Å²) < 4.78 is 0.891. The molecule has 1 aromatic carbocycles. The second-order valence-electron chi connectivity index (χ2n) is 2.87. The first kappa shape index (κ1) is 12.5. The molecule has 0 fully saturated rings. The average Bonchev–Trinajstić information content (AvgIpc) is 2.22. The van der Waals surface area contributed by atoms with Gasteiger partial charge in [0.1, 0.15) is 0 Å². The molecule has 1 amide bonds. The fourth-order valence-corrected chi connectivity index (χ4v) is 1.95. The number of halogens is 1. The monoisotopic (exact) mass is 288 g/mol. The van der Waals surface area contributed by atoms with E-state index in [0.29, 0.717) is 12.3 Å². The van der Waals surface area contributed by atoms with Gasteiger partial charge < -0.3 is 11.1 Å². The van der Waals surface area contributed by atoms with Gasteiger partial charge in [0.2, 0.25) is 5.91 Å². The van der Waals surface area contributed by atoms with Gasteiger partial charge in [-0.25, -0.2) is 0 Å². The Morgan fingerprint density at radius 1 is 1.47 bits per heavy atom. The summed E-state index contributed by atoms with van der Waals surface area (Å²) in [7, 11) is 0. The SMILES string of the molecule is NCCSCC(=O)Nc1ccccc1Br. The quantitative estimate of drug-likeness (QED) is 0.816. The summed E-state index contributed by atoms with van der Waals surface area (Å²) in [4.78, 5) is 11.4. The minimum Gasteiger partial charge on any atom is -0.330 e. The lowest BCUT2D eigenvalue weighted by Gasteiger charge is -2.06. The molecule has 0 aliphatic rings. The van der Waals surface area contributed by atoms with E-state index in [4.69, 9.17) is 5.73 Å². The lowest BCUT2D eigenvalue weighted by atomic mass is 10.3. The number of rotatable bonds is 5. The molecule has 3 nitrogen and oxygen atoms in total. The van der Waals surface area contributed by atoms with Crippen molar-refractivity contribution in [1.29, 1.82) is 0 Å². The van der Waals surface area contributed by atoms with E-state index in [1.165, 1.54) is 11.8 Å². The molecule has 82 valence electrons. The van der Waals surface area contributed by atoms with Gasteiger partial charge in [0.05, 0.1) is 11.4 Å². The first-order valence-electron chi connectivity index (χ1n) is 4.56. The van der Waals surface area contributed by atoms with Crippen molar-refractivity contribution in [1.82, 2.24) is 0 Å². The van der Waals surface area contributed by atoms with Gasteiger partial charge in [-0.3, -0.25) is 4.79 Å². The number of hydrogen-bond acceptors (Lipinski definition) is 3. The van der Waals surface area contributed by atoms with Crippen LogP contribution in [-0.2, 0) is 4.79 Å². The number of carbonyl (C=O) groups is 1. The Balaban J connectivity index is 2.41. The van der Waals surface area contributed by atoms with Crippen LogP contribution in [0.3, 0.4) is 0 Å². The van der Waals surface area contributed by atoms with Crippen molar-refractivity contribution >= 4 is 39.3 Å². The van der Waals surface area contributed by atoms with Gasteiger partial charge in [0.15, 0.2) is 0 Å². The molecule has 5 heteroatoms. The number of amides is 1. The Kier molecular flexibility index (Phi) is 5.75. The number of thioether (sulfide) groups is 1. The summed E-state index contributed by atoms with van der Waals surface area (Å²) in [6, 6.07) is 7.54. The molecule has 1 rings (SSSR count). The number of benzene rings is 1. The molecule has 0 atom stereocenters. The van der Waals surface area contributed by atoms with Crippen LogP contribution in [0.25, 0.3) is 0 Å². The molecule has 0 spiro atoms. The summed E-state index contributed by atoms with van der Waals surface area (Å²) >= 11 is 4.90. The number of anilines is 1. The fourth-order valence-electron chi connectivity index (χ4n) is 0.997. The zero-order chi connectivity index (χ0) is 11.1. The average molecular weight is 289 g/mol. The molecular formula is C10H13BrN2OS. The van der Waals surface area contributed by atoms with Crippen molar-refractivity contribution in [2.75, 3.05) is 23.4 Å². The molecule has 0 aliphatic heterocycles. The molecule has 0 unspecified atom stereocenters. The third-order valence-electron chi connectivity index (χ3n) is 1.64. The normalized spacial score (nSPS) is 10.0. The van der Waals surface area contributed by atoms with Gasteiger partial charge in [0, 0.05) is 16.8 Å². The maximum absolute atomic E-state index is 11.4. The second-order valence-corrected chi connectivity index (χ2v) is 4.83. The minimum absolute atomic E-state index is 0.000324. The van der Waals surface area contributed by atoms with E-state index in [1.54, 1.807) is 0 Å². The summed E-state index contributed by atoms with van der Waals surface area (Å²) in [5.41, 5.74) is 6.13. The smallest absolute Gasteiger partial charge is 0.234 e.